The summed E-state index contributed by atoms with van der Waals surface area (Å²) in [5, 5.41) is 11.3. The third-order valence-electron chi connectivity index (χ3n) is 3.43. The van der Waals surface area contributed by atoms with Gasteiger partial charge in [0.05, 0.1) is 0 Å². The van der Waals surface area contributed by atoms with Gasteiger partial charge in [0, 0.05) is 11.8 Å². The second-order valence-electron chi connectivity index (χ2n) is 5.21. The predicted molar refractivity (Wildman–Crippen MR) is 95.2 cm³/mol. The molecule has 0 spiro atoms. The molecule has 2 amide bonds. The molecular weight excluding hydrogens is 320 g/mol. The lowest BCUT2D eigenvalue weighted by Gasteiger charge is -2.18. The number of hydrogen-bond acceptors (Lipinski definition) is 4. The van der Waals surface area contributed by atoms with Crippen LogP contribution in [0.2, 0.25) is 0 Å². The predicted octanol–water partition coefficient (Wildman–Crippen LogP) is 3.00. The van der Waals surface area contributed by atoms with Gasteiger partial charge in [-0.3, -0.25) is 14.8 Å². The van der Waals surface area contributed by atoms with Crippen molar-refractivity contribution in [1.29, 1.82) is 0 Å². The number of rotatable bonds is 7. The van der Waals surface area contributed by atoms with Gasteiger partial charge in [0.1, 0.15) is 5.75 Å². The number of para-hydroxylation sites is 2. The van der Waals surface area contributed by atoms with Crippen LogP contribution in [0, 0.1) is 0 Å². The molecule has 0 saturated carbocycles. The van der Waals surface area contributed by atoms with Crippen LogP contribution in [0.4, 0.5) is 5.69 Å². The molecule has 0 fully saturated rings. The van der Waals surface area contributed by atoms with Crippen molar-refractivity contribution >= 4 is 23.6 Å². The maximum absolute atomic E-state index is 12.5. The highest BCUT2D eigenvalue weighted by Crippen LogP contribution is 2.19. The van der Waals surface area contributed by atoms with Crippen LogP contribution in [0.1, 0.15) is 18.9 Å². The molecule has 0 saturated heterocycles. The number of amides is 2. The van der Waals surface area contributed by atoms with Gasteiger partial charge < -0.3 is 10.1 Å². The zero-order chi connectivity index (χ0) is 18.1. The van der Waals surface area contributed by atoms with Crippen molar-refractivity contribution in [3.05, 3.63) is 66.2 Å². The SMILES string of the molecule is CCC(Oc1ccccc1)C(=O)Nc1ccccc1C=CC(=O)NO. The Bertz CT molecular complexity index is 744. The van der Waals surface area contributed by atoms with Crippen molar-refractivity contribution < 1.29 is 19.5 Å². The fourth-order valence-electron chi connectivity index (χ4n) is 2.16. The number of anilines is 1. The van der Waals surface area contributed by atoms with Crippen LogP contribution in [-0.4, -0.2) is 23.1 Å². The molecule has 0 bridgehead atoms. The average molecular weight is 340 g/mol. The van der Waals surface area contributed by atoms with E-state index in [1.807, 2.05) is 25.1 Å². The summed E-state index contributed by atoms with van der Waals surface area (Å²) in [4.78, 5) is 23.6. The minimum atomic E-state index is -0.653. The van der Waals surface area contributed by atoms with Crippen molar-refractivity contribution in [2.45, 2.75) is 19.4 Å². The highest BCUT2D eigenvalue weighted by Gasteiger charge is 2.19. The van der Waals surface area contributed by atoms with Crippen molar-refractivity contribution in [1.82, 2.24) is 5.48 Å². The molecule has 2 rings (SSSR count). The first-order chi connectivity index (χ1) is 12.1. The van der Waals surface area contributed by atoms with E-state index in [1.54, 1.807) is 36.4 Å². The molecule has 3 N–H and O–H groups in total. The van der Waals surface area contributed by atoms with E-state index < -0.39 is 12.0 Å². The number of carbonyl (C=O) groups is 2. The molecule has 130 valence electrons. The maximum Gasteiger partial charge on any atom is 0.267 e. The van der Waals surface area contributed by atoms with Crippen LogP contribution in [0.25, 0.3) is 6.08 Å². The van der Waals surface area contributed by atoms with Gasteiger partial charge in [0.25, 0.3) is 11.8 Å². The molecule has 1 unspecified atom stereocenters. The highest BCUT2D eigenvalue weighted by molar-refractivity contribution is 5.97. The molecule has 6 heteroatoms. The number of hydrogen-bond donors (Lipinski definition) is 3. The van der Waals surface area contributed by atoms with Crippen LogP contribution < -0.4 is 15.5 Å². The molecular formula is C19H20N2O4. The Balaban J connectivity index is 2.11. The fraction of sp³-hybridized carbons (Fsp3) is 0.158. The van der Waals surface area contributed by atoms with E-state index in [-0.39, 0.29) is 5.91 Å². The summed E-state index contributed by atoms with van der Waals surface area (Å²) in [7, 11) is 0. The largest absolute Gasteiger partial charge is 0.481 e. The zero-order valence-corrected chi connectivity index (χ0v) is 13.8. The Kier molecular flexibility index (Phi) is 6.74. The van der Waals surface area contributed by atoms with E-state index in [0.717, 1.165) is 0 Å². The third kappa shape index (κ3) is 5.47. The molecule has 0 aliphatic rings. The number of ether oxygens (including phenoxy) is 1. The molecule has 0 aromatic heterocycles. The Morgan fingerprint density at radius 2 is 1.80 bits per heavy atom. The van der Waals surface area contributed by atoms with Crippen molar-refractivity contribution in [2.24, 2.45) is 0 Å². The summed E-state index contributed by atoms with van der Waals surface area (Å²) in [6, 6.07) is 16.2. The normalized spacial score (nSPS) is 11.8. The standard InChI is InChI=1S/C19H20N2O4/c1-2-17(25-15-9-4-3-5-10-15)19(23)20-16-11-7-6-8-14(16)12-13-18(22)21-24/h3-13,17,24H,2H2,1H3,(H,20,23)(H,21,22). The topological polar surface area (TPSA) is 87.7 Å². The van der Waals surface area contributed by atoms with E-state index in [9.17, 15) is 9.59 Å². The van der Waals surface area contributed by atoms with Gasteiger partial charge in [0.15, 0.2) is 6.10 Å². The summed E-state index contributed by atoms with van der Waals surface area (Å²) < 4.78 is 5.73. The lowest BCUT2D eigenvalue weighted by atomic mass is 10.1. The lowest BCUT2D eigenvalue weighted by Crippen LogP contribution is -2.32. The highest BCUT2D eigenvalue weighted by atomic mass is 16.5. The first-order valence-electron chi connectivity index (χ1n) is 7.87. The van der Waals surface area contributed by atoms with E-state index >= 15 is 0 Å². The van der Waals surface area contributed by atoms with Gasteiger partial charge in [-0.15, -0.1) is 0 Å². The molecule has 6 nitrogen and oxygen atoms in total. The smallest absolute Gasteiger partial charge is 0.267 e. The monoisotopic (exact) mass is 340 g/mol. The van der Waals surface area contributed by atoms with Crippen LogP contribution in [0.3, 0.4) is 0 Å². The van der Waals surface area contributed by atoms with Crippen LogP contribution in [0.15, 0.2) is 60.7 Å². The minimum absolute atomic E-state index is 0.279. The van der Waals surface area contributed by atoms with Crippen LogP contribution in [-0.2, 0) is 9.59 Å². The first kappa shape index (κ1) is 18.2. The number of carbonyl (C=O) groups excluding carboxylic acids is 2. The fourth-order valence-corrected chi connectivity index (χ4v) is 2.16. The van der Waals surface area contributed by atoms with Crippen LogP contribution >= 0.6 is 0 Å². The quantitative estimate of drug-likeness (QED) is 0.411. The summed E-state index contributed by atoms with van der Waals surface area (Å²) in [5.41, 5.74) is 2.70. The second-order valence-corrected chi connectivity index (χ2v) is 5.21. The van der Waals surface area contributed by atoms with E-state index in [1.165, 1.54) is 17.6 Å². The molecule has 0 aliphatic heterocycles. The summed E-state index contributed by atoms with van der Waals surface area (Å²) in [6.07, 6.45) is 2.54. The van der Waals surface area contributed by atoms with Gasteiger partial charge in [-0.2, -0.15) is 0 Å². The Morgan fingerprint density at radius 1 is 1.12 bits per heavy atom. The molecule has 1 atom stereocenters. The van der Waals surface area contributed by atoms with Gasteiger partial charge >= 0.3 is 0 Å². The van der Waals surface area contributed by atoms with E-state index in [0.29, 0.717) is 23.4 Å². The van der Waals surface area contributed by atoms with E-state index in [4.69, 9.17) is 9.94 Å². The number of nitrogens with one attached hydrogen (secondary N) is 2. The van der Waals surface area contributed by atoms with Gasteiger partial charge in [-0.1, -0.05) is 43.3 Å². The number of hydroxylamine groups is 1. The van der Waals surface area contributed by atoms with Crippen LogP contribution in [0.5, 0.6) is 5.75 Å². The first-order valence-corrected chi connectivity index (χ1v) is 7.87. The second kappa shape index (κ2) is 9.24. The Labute approximate surface area is 146 Å². The third-order valence-corrected chi connectivity index (χ3v) is 3.43. The van der Waals surface area contributed by atoms with Gasteiger partial charge in [-0.25, -0.2) is 5.48 Å². The molecule has 0 aliphatic carbocycles. The maximum atomic E-state index is 12.5. The minimum Gasteiger partial charge on any atom is -0.481 e. The lowest BCUT2D eigenvalue weighted by molar-refractivity contribution is -0.124. The van der Waals surface area contributed by atoms with Gasteiger partial charge in [0.2, 0.25) is 0 Å². The van der Waals surface area contributed by atoms with Gasteiger partial charge in [-0.05, 0) is 36.3 Å². The number of benzene rings is 2. The average Bonchev–Trinajstić information content (AvgIpc) is 2.65. The van der Waals surface area contributed by atoms with Crippen molar-refractivity contribution in [2.75, 3.05) is 5.32 Å². The summed E-state index contributed by atoms with van der Waals surface area (Å²) >= 11 is 0. The van der Waals surface area contributed by atoms with Crippen molar-refractivity contribution in [3.8, 4) is 5.75 Å². The molecule has 25 heavy (non-hydrogen) atoms. The molecule has 0 radical (unpaired) electrons. The molecule has 2 aromatic carbocycles. The van der Waals surface area contributed by atoms with Crippen molar-refractivity contribution in [3.63, 3.8) is 0 Å². The Morgan fingerprint density at radius 3 is 2.48 bits per heavy atom. The Hall–Kier alpha value is -3.12. The molecule has 2 aromatic rings. The summed E-state index contributed by atoms with van der Waals surface area (Å²) in [6.45, 7) is 1.87. The van der Waals surface area contributed by atoms with E-state index in [2.05, 4.69) is 5.32 Å². The summed E-state index contributed by atoms with van der Waals surface area (Å²) in [5.74, 6) is -0.309. The zero-order valence-electron chi connectivity index (χ0n) is 13.8. The molecule has 0 heterocycles.